The lowest BCUT2D eigenvalue weighted by molar-refractivity contribution is -0.121. The van der Waals surface area contributed by atoms with Gasteiger partial charge in [-0.15, -0.1) is 0 Å². The minimum Gasteiger partial charge on any atom is -0.356 e. The van der Waals surface area contributed by atoms with Gasteiger partial charge in [0.05, 0.1) is 0 Å². The number of benzene rings is 1. The summed E-state index contributed by atoms with van der Waals surface area (Å²) >= 11 is 1.53. The van der Waals surface area contributed by atoms with Gasteiger partial charge in [-0.2, -0.15) is 0 Å². The summed E-state index contributed by atoms with van der Waals surface area (Å²) in [5.41, 5.74) is 2.62. The molecule has 0 aliphatic rings. The molecule has 0 aliphatic heterocycles. The largest absolute Gasteiger partial charge is 0.356 e. The Bertz CT molecular complexity index is 816. The number of aryl methyl sites for hydroxylation is 1. The number of carbonyl (C=O) groups excluding carboxylic acids is 1. The van der Waals surface area contributed by atoms with Crippen molar-refractivity contribution in [2.45, 2.75) is 45.2 Å². The number of rotatable bonds is 9. The van der Waals surface area contributed by atoms with E-state index in [4.69, 9.17) is 0 Å². The van der Waals surface area contributed by atoms with Crippen molar-refractivity contribution in [3.05, 3.63) is 57.5 Å². The highest BCUT2D eigenvalue weighted by Gasteiger charge is 2.13. The van der Waals surface area contributed by atoms with Crippen molar-refractivity contribution < 1.29 is 4.79 Å². The Morgan fingerprint density at radius 1 is 1.26 bits per heavy atom. The molecule has 27 heavy (non-hydrogen) atoms. The Morgan fingerprint density at radius 3 is 2.63 bits per heavy atom. The van der Waals surface area contributed by atoms with Crippen LogP contribution in [0.25, 0.3) is 0 Å². The Hall–Kier alpha value is -2.08. The highest BCUT2D eigenvalue weighted by molar-refractivity contribution is 7.99. The number of nitrogens with zero attached hydrogens (tertiary/aromatic N) is 2. The van der Waals surface area contributed by atoms with Gasteiger partial charge in [0.2, 0.25) is 5.91 Å². The molecule has 0 saturated carbocycles. The van der Waals surface area contributed by atoms with Crippen LogP contribution in [-0.2, 0) is 18.3 Å². The molecule has 0 spiro atoms. The molecule has 1 aromatic heterocycles. The molecule has 1 aromatic carbocycles. The van der Waals surface area contributed by atoms with E-state index in [1.807, 2.05) is 37.3 Å². The zero-order chi connectivity index (χ0) is 19.8. The molecule has 0 bridgehead atoms. The lowest BCUT2D eigenvalue weighted by atomic mass is 10.1. The van der Waals surface area contributed by atoms with Crippen molar-refractivity contribution in [2.75, 3.05) is 12.3 Å². The molecule has 5 nitrogen and oxygen atoms in total. The molecule has 0 radical (unpaired) electrons. The summed E-state index contributed by atoms with van der Waals surface area (Å²) in [6, 6.07) is 9.96. The first-order chi connectivity index (χ1) is 12.9. The van der Waals surface area contributed by atoms with Crippen LogP contribution in [0.3, 0.4) is 0 Å². The van der Waals surface area contributed by atoms with Gasteiger partial charge in [0.1, 0.15) is 0 Å². The summed E-state index contributed by atoms with van der Waals surface area (Å²) in [6.45, 7) is 6.76. The van der Waals surface area contributed by atoms with E-state index in [2.05, 4.69) is 24.1 Å². The Morgan fingerprint density at radius 2 is 1.96 bits per heavy atom. The van der Waals surface area contributed by atoms with Crippen LogP contribution in [0.2, 0.25) is 0 Å². The normalized spacial score (nSPS) is 11.0. The fourth-order valence-electron chi connectivity index (χ4n) is 2.67. The van der Waals surface area contributed by atoms with Crippen molar-refractivity contribution in [1.29, 1.82) is 0 Å². The Labute approximate surface area is 165 Å². The molecule has 0 saturated heterocycles. The molecule has 0 atom stereocenters. The molecule has 2 aromatic rings. The predicted octanol–water partition coefficient (Wildman–Crippen LogP) is 3.32. The van der Waals surface area contributed by atoms with Gasteiger partial charge < -0.3 is 5.32 Å². The topological polar surface area (TPSA) is 64.0 Å². The molecule has 0 aliphatic carbocycles. The number of amides is 1. The average molecular weight is 388 g/mol. The van der Waals surface area contributed by atoms with E-state index < -0.39 is 0 Å². The number of hydrogen-bond acceptors (Lipinski definition) is 4. The zero-order valence-electron chi connectivity index (χ0n) is 16.6. The second-order valence-corrected chi connectivity index (χ2v) is 8.20. The monoisotopic (exact) mass is 387 g/mol. The molecule has 6 heteroatoms. The number of carbonyl (C=O) groups is 1. The van der Waals surface area contributed by atoms with Gasteiger partial charge in [0, 0.05) is 43.4 Å². The average Bonchev–Trinajstić information content (AvgIpc) is 2.65. The first-order valence-electron chi connectivity index (χ1n) is 9.38. The number of hydrogen-bond donors (Lipinski definition) is 1. The number of nitrogens with one attached hydrogen (secondary N) is 1. The first-order valence-corrected chi connectivity index (χ1v) is 10.4. The predicted molar refractivity (Wildman–Crippen MR) is 111 cm³/mol. The van der Waals surface area contributed by atoms with Gasteiger partial charge in [-0.3, -0.25) is 14.2 Å². The zero-order valence-corrected chi connectivity index (χ0v) is 17.4. The minimum absolute atomic E-state index is 0.00327. The summed E-state index contributed by atoms with van der Waals surface area (Å²) < 4.78 is 1.62. The lowest BCUT2D eigenvalue weighted by Crippen LogP contribution is -2.27. The van der Waals surface area contributed by atoms with Crippen LogP contribution in [0.5, 0.6) is 0 Å². The number of aromatic nitrogens is 2. The van der Waals surface area contributed by atoms with Crippen molar-refractivity contribution >= 4 is 17.7 Å². The van der Waals surface area contributed by atoms with E-state index in [-0.39, 0.29) is 11.5 Å². The highest BCUT2D eigenvalue weighted by Crippen LogP contribution is 2.18. The molecule has 1 heterocycles. The standard InChI is InChI=1S/C21H29N3O2S/c1-15(2)14-22-19(25)11-8-12-27-21-23-16(3)18(20(26)24(21)4)13-17-9-6-5-7-10-17/h5-7,9-10,15H,8,11-14H2,1-4H3,(H,22,25). The Balaban J connectivity index is 1.95. The molecular weight excluding hydrogens is 358 g/mol. The third-order valence-corrected chi connectivity index (χ3v) is 5.38. The second-order valence-electron chi connectivity index (χ2n) is 7.13. The van der Waals surface area contributed by atoms with Crippen LogP contribution in [-0.4, -0.2) is 27.8 Å². The molecular formula is C21H29N3O2S. The molecule has 2 rings (SSSR count). The van der Waals surface area contributed by atoms with Gasteiger partial charge in [0.25, 0.3) is 5.56 Å². The van der Waals surface area contributed by atoms with E-state index in [0.717, 1.165) is 29.0 Å². The van der Waals surface area contributed by atoms with E-state index in [9.17, 15) is 9.59 Å². The van der Waals surface area contributed by atoms with Gasteiger partial charge in [-0.05, 0) is 24.8 Å². The summed E-state index contributed by atoms with van der Waals surface area (Å²) in [7, 11) is 1.76. The van der Waals surface area contributed by atoms with Gasteiger partial charge in [-0.25, -0.2) is 4.98 Å². The van der Waals surface area contributed by atoms with Crippen molar-refractivity contribution in [3.63, 3.8) is 0 Å². The van der Waals surface area contributed by atoms with E-state index in [0.29, 0.717) is 30.5 Å². The van der Waals surface area contributed by atoms with Gasteiger partial charge in [-0.1, -0.05) is 55.9 Å². The SMILES string of the molecule is Cc1nc(SCCCC(=O)NCC(C)C)n(C)c(=O)c1Cc1ccccc1. The fourth-order valence-corrected chi connectivity index (χ4v) is 3.61. The molecule has 1 amide bonds. The molecule has 146 valence electrons. The summed E-state index contributed by atoms with van der Waals surface area (Å²) in [5, 5.41) is 3.63. The van der Waals surface area contributed by atoms with Gasteiger partial charge in [0.15, 0.2) is 5.16 Å². The highest BCUT2D eigenvalue weighted by atomic mass is 32.2. The van der Waals surface area contributed by atoms with Crippen LogP contribution in [0.1, 0.15) is 43.5 Å². The smallest absolute Gasteiger partial charge is 0.257 e. The molecule has 1 N–H and O–H groups in total. The molecule has 0 fully saturated rings. The maximum absolute atomic E-state index is 12.8. The Kier molecular flexibility index (Phi) is 8.10. The molecule has 0 unspecified atom stereocenters. The van der Waals surface area contributed by atoms with E-state index in [1.165, 1.54) is 11.8 Å². The first kappa shape index (κ1) is 21.2. The summed E-state index contributed by atoms with van der Waals surface area (Å²) in [5.74, 6) is 1.30. The summed E-state index contributed by atoms with van der Waals surface area (Å²) in [6.07, 6.45) is 1.85. The summed E-state index contributed by atoms with van der Waals surface area (Å²) in [4.78, 5) is 29.1. The van der Waals surface area contributed by atoms with Crippen LogP contribution < -0.4 is 10.9 Å². The van der Waals surface area contributed by atoms with Crippen molar-refractivity contribution in [2.24, 2.45) is 13.0 Å². The van der Waals surface area contributed by atoms with E-state index >= 15 is 0 Å². The van der Waals surface area contributed by atoms with Crippen molar-refractivity contribution in [3.8, 4) is 0 Å². The second kappa shape index (κ2) is 10.3. The lowest BCUT2D eigenvalue weighted by Gasteiger charge is -2.12. The quantitative estimate of drug-likeness (QED) is 0.407. The van der Waals surface area contributed by atoms with Crippen LogP contribution in [0.4, 0.5) is 0 Å². The van der Waals surface area contributed by atoms with Gasteiger partial charge >= 0.3 is 0 Å². The maximum Gasteiger partial charge on any atom is 0.257 e. The van der Waals surface area contributed by atoms with Crippen LogP contribution in [0.15, 0.2) is 40.3 Å². The minimum atomic E-state index is 0.00327. The van der Waals surface area contributed by atoms with Crippen LogP contribution in [0, 0.1) is 12.8 Å². The fraction of sp³-hybridized carbons (Fsp3) is 0.476. The van der Waals surface area contributed by atoms with Crippen molar-refractivity contribution in [1.82, 2.24) is 14.9 Å². The maximum atomic E-state index is 12.8. The third-order valence-electron chi connectivity index (χ3n) is 4.26. The number of thioether (sulfide) groups is 1. The third kappa shape index (κ3) is 6.54. The van der Waals surface area contributed by atoms with E-state index in [1.54, 1.807) is 11.6 Å². The van der Waals surface area contributed by atoms with Crippen LogP contribution >= 0.6 is 11.8 Å².